The molecule has 1 atom stereocenters. The van der Waals surface area contributed by atoms with Crippen molar-refractivity contribution in [3.8, 4) is 0 Å². The summed E-state index contributed by atoms with van der Waals surface area (Å²) in [5, 5.41) is 3.54. The zero-order valence-electron chi connectivity index (χ0n) is 13.5. The van der Waals surface area contributed by atoms with Crippen LogP contribution in [0.1, 0.15) is 30.2 Å². The van der Waals surface area contributed by atoms with Crippen molar-refractivity contribution in [2.24, 2.45) is 0 Å². The number of hydrogen-bond acceptors (Lipinski definition) is 4. The summed E-state index contributed by atoms with van der Waals surface area (Å²) < 4.78 is 0. The predicted molar refractivity (Wildman–Crippen MR) is 97.0 cm³/mol. The number of rotatable bonds is 4. The molecule has 0 spiro atoms. The summed E-state index contributed by atoms with van der Waals surface area (Å²) in [4.78, 5) is 31.6. The Morgan fingerprint density at radius 2 is 2.21 bits per heavy atom. The number of benzene rings is 1. The first-order valence-electron chi connectivity index (χ1n) is 7.80. The number of aromatic nitrogens is 2. The first-order chi connectivity index (χ1) is 11.4. The quantitative estimate of drug-likeness (QED) is 0.645. The van der Waals surface area contributed by atoms with Gasteiger partial charge in [0.2, 0.25) is 5.91 Å². The van der Waals surface area contributed by atoms with Gasteiger partial charge >= 0.3 is 0 Å². The Kier molecular flexibility index (Phi) is 4.96. The number of nitrogens with zero attached hydrogens (tertiary/aromatic N) is 1. The fourth-order valence-electron chi connectivity index (χ4n) is 2.61. The second-order valence-electron chi connectivity index (χ2n) is 5.86. The van der Waals surface area contributed by atoms with Crippen LogP contribution in [0.3, 0.4) is 0 Å². The monoisotopic (exact) mass is 363 g/mol. The third kappa shape index (κ3) is 3.65. The summed E-state index contributed by atoms with van der Waals surface area (Å²) >= 11 is 7.32. The molecule has 1 amide bonds. The lowest BCUT2D eigenvalue weighted by Gasteiger charge is -2.12. The number of aryl methyl sites for hydroxylation is 2. The van der Waals surface area contributed by atoms with E-state index in [-0.39, 0.29) is 11.5 Å². The fourth-order valence-corrected chi connectivity index (χ4v) is 3.61. The van der Waals surface area contributed by atoms with E-state index in [2.05, 4.69) is 15.3 Å². The van der Waals surface area contributed by atoms with E-state index >= 15 is 0 Å². The van der Waals surface area contributed by atoms with E-state index < -0.39 is 5.25 Å². The molecule has 1 aliphatic carbocycles. The lowest BCUT2D eigenvalue weighted by Crippen LogP contribution is -2.23. The molecule has 7 heteroatoms. The summed E-state index contributed by atoms with van der Waals surface area (Å²) in [7, 11) is 0. The summed E-state index contributed by atoms with van der Waals surface area (Å²) in [6, 6.07) is 5.39. The maximum absolute atomic E-state index is 12.3. The molecular weight excluding hydrogens is 346 g/mol. The zero-order valence-corrected chi connectivity index (χ0v) is 15.1. The van der Waals surface area contributed by atoms with Crippen LogP contribution < -0.4 is 10.9 Å². The minimum atomic E-state index is -0.396. The average Bonchev–Trinajstić information content (AvgIpc) is 3.00. The van der Waals surface area contributed by atoms with E-state index in [0.29, 0.717) is 15.9 Å². The first-order valence-corrected chi connectivity index (χ1v) is 9.05. The Hall–Kier alpha value is -1.79. The minimum absolute atomic E-state index is 0.0853. The second-order valence-corrected chi connectivity index (χ2v) is 7.60. The van der Waals surface area contributed by atoms with Gasteiger partial charge in [-0.1, -0.05) is 29.4 Å². The Balaban J connectivity index is 1.69. The Labute approximate surface area is 149 Å². The molecule has 0 fully saturated rings. The van der Waals surface area contributed by atoms with Crippen LogP contribution in [-0.2, 0) is 17.6 Å². The Morgan fingerprint density at radius 3 is 2.96 bits per heavy atom. The number of hydrogen-bond donors (Lipinski definition) is 2. The van der Waals surface area contributed by atoms with Gasteiger partial charge in [-0.3, -0.25) is 9.59 Å². The normalized spacial score (nSPS) is 14.3. The van der Waals surface area contributed by atoms with Gasteiger partial charge < -0.3 is 10.3 Å². The van der Waals surface area contributed by atoms with Gasteiger partial charge in [-0.05, 0) is 50.8 Å². The number of aromatic amines is 1. The Morgan fingerprint density at radius 1 is 1.42 bits per heavy atom. The average molecular weight is 364 g/mol. The van der Waals surface area contributed by atoms with E-state index in [0.717, 1.165) is 36.1 Å². The highest BCUT2D eigenvalue weighted by atomic mass is 35.5. The molecule has 0 saturated heterocycles. The van der Waals surface area contributed by atoms with Gasteiger partial charge in [-0.15, -0.1) is 0 Å². The number of carbonyl (C=O) groups is 1. The van der Waals surface area contributed by atoms with Crippen molar-refractivity contribution < 1.29 is 4.79 Å². The summed E-state index contributed by atoms with van der Waals surface area (Å²) in [5.41, 5.74) is 3.17. The SMILES string of the molecule is Cc1ccc(NC(=O)[C@@H](C)Sc2nc3c(c(=O)[nH]2)CCC3)cc1Cl. The van der Waals surface area contributed by atoms with Crippen LogP contribution in [0.2, 0.25) is 5.02 Å². The molecule has 0 radical (unpaired) electrons. The van der Waals surface area contributed by atoms with Gasteiger partial charge in [0, 0.05) is 16.3 Å². The van der Waals surface area contributed by atoms with E-state index in [4.69, 9.17) is 11.6 Å². The molecule has 1 aliphatic rings. The molecule has 2 aromatic rings. The molecule has 0 aliphatic heterocycles. The zero-order chi connectivity index (χ0) is 17.3. The standard InChI is InChI=1S/C17H18ClN3O2S/c1-9-6-7-11(8-13(9)18)19-15(22)10(2)24-17-20-14-5-3-4-12(14)16(23)21-17/h6-8,10H,3-5H2,1-2H3,(H,19,22)(H,20,21,23)/t10-/m1/s1. The summed E-state index contributed by atoms with van der Waals surface area (Å²) in [6.45, 7) is 3.69. The van der Waals surface area contributed by atoms with Crippen LogP contribution in [0, 0.1) is 6.92 Å². The van der Waals surface area contributed by atoms with Gasteiger partial charge in [-0.25, -0.2) is 4.98 Å². The van der Waals surface area contributed by atoms with Crippen LogP contribution in [0.25, 0.3) is 0 Å². The van der Waals surface area contributed by atoms with Gasteiger partial charge in [0.25, 0.3) is 5.56 Å². The number of anilines is 1. The van der Waals surface area contributed by atoms with E-state index in [1.165, 1.54) is 11.8 Å². The summed E-state index contributed by atoms with van der Waals surface area (Å²) in [6.07, 6.45) is 2.58. The molecule has 3 rings (SSSR count). The number of thioether (sulfide) groups is 1. The number of nitrogens with one attached hydrogen (secondary N) is 2. The van der Waals surface area contributed by atoms with Crippen molar-refractivity contribution >= 4 is 35.0 Å². The number of H-pyrrole nitrogens is 1. The van der Waals surface area contributed by atoms with Crippen LogP contribution in [0.5, 0.6) is 0 Å². The molecule has 0 saturated carbocycles. The number of amides is 1. The molecule has 1 heterocycles. The number of carbonyl (C=O) groups excluding carboxylic acids is 1. The number of fused-ring (bicyclic) bond motifs is 1. The molecule has 0 unspecified atom stereocenters. The van der Waals surface area contributed by atoms with Crippen molar-refractivity contribution in [3.63, 3.8) is 0 Å². The molecule has 5 nitrogen and oxygen atoms in total. The topological polar surface area (TPSA) is 74.8 Å². The highest BCUT2D eigenvalue weighted by Gasteiger charge is 2.20. The van der Waals surface area contributed by atoms with Crippen molar-refractivity contribution in [3.05, 3.63) is 50.4 Å². The minimum Gasteiger partial charge on any atom is -0.325 e. The smallest absolute Gasteiger partial charge is 0.254 e. The third-order valence-electron chi connectivity index (χ3n) is 4.02. The van der Waals surface area contributed by atoms with Gasteiger partial charge in [0.1, 0.15) is 0 Å². The summed E-state index contributed by atoms with van der Waals surface area (Å²) in [5.74, 6) is -0.164. The maximum atomic E-state index is 12.3. The van der Waals surface area contributed by atoms with Crippen molar-refractivity contribution in [2.75, 3.05) is 5.32 Å². The van der Waals surface area contributed by atoms with Crippen molar-refractivity contribution in [1.29, 1.82) is 0 Å². The molecule has 0 bridgehead atoms. The maximum Gasteiger partial charge on any atom is 0.254 e. The molecule has 1 aromatic heterocycles. The lowest BCUT2D eigenvalue weighted by molar-refractivity contribution is -0.115. The third-order valence-corrected chi connectivity index (χ3v) is 5.41. The number of halogens is 1. The molecule has 126 valence electrons. The van der Waals surface area contributed by atoms with E-state index in [9.17, 15) is 9.59 Å². The van der Waals surface area contributed by atoms with Crippen LogP contribution >= 0.6 is 23.4 Å². The molecule has 24 heavy (non-hydrogen) atoms. The predicted octanol–water partition coefficient (Wildman–Crippen LogP) is 3.34. The Bertz CT molecular complexity index is 850. The lowest BCUT2D eigenvalue weighted by atomic mass is 10.2. The highest BCUT2D eigenvalue weighted by molar-refractivity contribution is 8.00. The fraction of sp³-hybridized carbons (Fsp3) is 0.353. The van der Waals surface area contributed by atoms with Gasteiger partial charge in [-0.2, -0.15) is 0 Å². The first kappa shape index (κ1) is 17.0. The van der Waals surface area contributed by atoms with E-state index in [1.54, 1.807) is 13.0 Å². The highest BCUT2D eigenvalue weighted by Crippen LogP contribution is 2.24. The van der Waals surface area contributed by atoms with Crippen LogP contribution in [-0.4, -0.2) is 21.1 Å². The van der Waals surface area contributed by atoms with Gasteiger partial charge in [0.15, 0.2) is 5.16 Å². The van der Waals surface area contributed by atoms with E-state index in [1.807, 2.05) is 19.1 Å². The molecule has 2 N–H and O–H groups in total. The van der Waals surface area contributed by atoms with Crippen LogP contribution in [0.4, 0.5) is 5.69 Å². The molecular formula is C17H18ClN3O2S. The van der Waals surface area contributed by atoms with Crippen molar-refractivity contribution in [2.45, 2.75) is 43.5 Å². The second kappa shape index (κ2) is 6.99. The molecule has 1 aromatic carbocycles. The van der Waals surface area contributed by atoms with Crippen molar-refractivity contribution in [1.82, 2.24) is 9.97 Å². The van der Waals surface area contributed by atoms with Gasteiger partial charge in [0.05, 0.1) is 10.9 Å². The van der Waals surface area contributed by atoms with Crippen LogP contribution in [0.15, 0.2) is 28.2 Å². The largest absolute Gasteiger partial charge is 0.325 e.